The molecule has 4 nitrogen and oxygen atoms in total. The van der Waals surface area contributed by atoms with Gasteiger partial charge in [-0.15, -0.1) is 11.3 Å². The van der Waals surface area contributed by atoms with E-state index in [2.05, 4.69) is 4.98 Å². The Kier molecular flexibility index (Phi) is 3.84. The van der Waals surface area contributed by atoms with Gasteiger partial charge in [0.15, 0.2) is 0 Å². The number of benzene rings is 1. The normalized spacial score (nSPS) is 10.4. The zero-order valence-electron chi connectivity index (χ0n) is 10.6. The molecular weight excluding hydrogens is 250 g/mol. The van der Waals surface area contributed by atoms with Crippen LogP contribution in [0.5, 0.6) is 11.5 Å². The van der Waals surface area contributed by atoms with Crippen LogP contribution < -0.4 is 9.47 Å². The van der Waals surface area contributed by atoms with Crippen LogP contribution in [0.15, 0.2) is 17.5 Å². The third kappa shape index (κ3) is 2.32. The number of hydrogen-bond acceptors (Lipinski definition) is 5. The summed E-state index contributed by atoms with van der Waals surface area (Å²) in [5, 5.41) is 11.7. The highest BCUT2D eigenvalue weighted by Gasteiger charge is 2.13. The Hall–Kier alpha value is -1.59. The van der Waals surface area contributed by atoms with Crippen LogP contribution in [0, 0.1) is 6.92 Å². The first-order valence-electron chi connectivity index (χ1n) is 5.47. The molecule has 0 bridgehead atoms. The van der Waals surface area contributed by atoms with Crippen LogP contribution in [0.4, 0.5) is 0 Å². The van der Waals surface area contributed by atoms with Gasteiger partial charge in [0.2, 0.25) is 0 Å². The Morgan fingerprint density at radius 3 is 2.50 bits per heavy atom. The smallest absolute Gasteiger partial charge is 0.129 e. The number of nitrogens with zero attached hydrogens (tertiary/aromatic N) is 1. The van der Waals surface area contributed by atoms with Crippen molar-refractivity contribution in [1.29, 1.82) is 0 Å². The van der Waals surface area contributed by atoms with Gasteiger partial charge in [0.25, 0.3) is 0 Å². The summed E-state index contributed by atoms with van der Waals surface area (Å²) >= 11 is 1.48. The number of aliphatic hydroxyl groups is 1. The minimum absolute atomic E-state index is 0.0538. The van der Waals surface area contributed by atoms with Crippen LogP contribution in [0.25, 0.3) is 10.6 Å². The Morgan fingerprint density at radius 1 is 1.22 bits per heavy atom. The van der Waals surface area contributed by atoms with Crippen LogP contribution in [-0.2, 0) is 6.61 Å². The van der Waals surface area contributed by atoms with Crippen molar-refractivity contribution in [2.75, 3.05) is 14.2 Å². The van der Waals surface area contributed by atoms with Gasteiger partial charge in [-0.3, -0.25) is 0 Å². The SMILES string of the molecule is COc1cc(-c2nc(CO)cs2)c(OC)cc1C. The molecule has 0 fully saturated rings. The molecule has 1 aromatic heterocycles. The maximum atomic E-state index is 9.06. The van der Waals surface area contributed by atoms with Gasteiger partial charge >= 0.3 is 0 Å². The minimum atomic E-state index is -0.0538. The van der Waals surface area contributed by atoms with E-state index in [0.717, 1.165) is 27.6 Å². The van der Waals surface area contributed by atoms with E-state index in [1.54, 1.807) is 14.2 Å². The maximum absolute atomic E-state index is 9.06. The first-order chi connectivity index (χ1) is 8.69. The van der Waals surface area contributed by atoms with E-state index >= 15 is 0 Å². The summed E-state index contributed by atoms with van der Waals surface area (Å²) in [6.45, 7) is 1.91. The van der Waals surface area contributed by atoms with Crippen LogP contribution >= 0.6 is 11.3 Å². The fourth-order valence-corrected chi connectivity index (χ4v) is 2.55. The molecule has 0 aliphatic rings. The molecule has 0 aliphatic heterocycles. The zero-order chi connectivity index (χ0) is 13.1. The number of thiazole rings is 1. The lowest BCUT2D eigenvalue weighted by Gasteiger charge is -2.11. The van der Waals surface area contributed by atoms with Crippen molar-refractivity contribution in [3.63, 3.8) is 0 Å². The number of methoxy groups -OCH3 is 2. The zero-order valence-corrected chi connectivity index (χ0v) is 11.4. The number of rotatable bonds is 4. The van der Waals surface area contributed by atoms with Gasteiger partial charge in [0.05, 0.1) is 32.1 Å². The van der Waals surface area contributed by atoms with E-state index in [1.807, 2.05) is 24.4 Å². The maximum Gasteiger partial charge on any atom is 0.129 e. The predicted octanol–water partition coefficient (Wildman–Crippen LogP) is 2.63. The number of aliphatic hydroxyl groups excluding tert-OH is 1. The van der Waals surface area contributed by atoms with E-state index in [0.29, 0.717) is 5.69 Å². The van der Waals surface area contributed by atoms with Gasteiger partial charge in [-0.05, 0) is 24.6 Å². The summed E-state index contributed by atoms with van der Waals surface area (Å²) in [7, 11) is 3.27. The number of aromatic nitrogens is 1. The Bertz CT molecular complexity index is 551. The molecule has 0 saturated carbocycles. The molecular formula is C13H15NO3S. The molecule has 0 spiro atoms. The van der Waals surface area contributed by atoms with Gasteiger partial charge in [0, 0.05) is 5.38 Å². The molecule has 5 heteroatoms. The lowest BCUT2D eigenvalue weighted by molar-refractivity contribution is 0.278. The van der Waals surface area contributed by atoms with Gasteiger partial charge in [-0.1, -0.05) is 0 Å². The molecule has 0 aliphatic carbocycles. The van der Waals surface area contributed by atoms with Crippen molar-refractivity contribution in [2.45, 2.75) is 13.5 Å². The minimum Gasteiger partial charge on any atom is -0.496 e. The van der Waals surface area contributed by atoms with E-state index in [-0.39, 0.29) is 6.61 Å². The monoisotopic (exact) mass is 265 g/mol. The van der Waals surface area contributed by atoms with Crippen LogP contribution in [0.3, 0.4) is 0 Å². The third-order valence-corrected chi connectivity index (χ3v) is 3.59. The van der Waals surface area contributed by atoms with Crippen molar-refractivity contribution >= 4 is 11.3 Å². The average Bonchev–Trinajstić information content (AvgIpc) is 2.87. The molecule has 1 N–H and O–H groups in total. The molecule has 0 unspecified atom stereocenters. The first kappa shape index (κ1) is 12.9. The topological polar surface area (TPSA) is 51.6 Å². The lowest BCUT2D eigenvalue weighted by atomic mass is 10.1. The highest BCUT2D eigenvalue weighted by molar-refractivity contribution is 7.13. The molecule has 1 heterocycles. The van der Waals surface area contributed by atoms with Crippen LogP contribution in [-0.4, -0.2) is 24.3 Å². The molecule has 0 atom stereocenters. The standard InChI is InChI=1S/C13H15NO3S/c1-8-4-12(17-3)10(5-11(8)16-2)13-14-9(6-15)7-18-13/h4-5,7,15H,6H2,1-3H3. The summed E-state index contributed by atoms with van der Waals surface area (Å²) in [4.78, 5) is 4.35. The van der Waals surface area contributed by atoms with E-state index < -0.39 is 0 Å². The highest BCUT2D eigenvalue weighted by atomic mass is 32.1. The van der Waals surface area contributed by atoms with E-state index in [9.17, 15) is 0 Å². The fourth-order valence-electron chi connectivity index (χ4n) is 1.72. The number of ether oxygens (including phenoxy) is 2. The first-order valence-corrected chi connectivity index (χ1v) is 6.35. The van der Waals surface area contributed by atoms with Crippen molar-refractivity contribution in [3.05, 3.63) is 28.8 Å². The van der Waals surface area contributed by atoms with Crippen molar-refractivity contribution in [3.8, 4) is 22.1 Å². The Morgan fingerprint density at radius 2 is 1.94 bits per heavy atom. The van der Waals surface area contributed by atoms with Crippen molar-refractivity contribution in [1.82, 2.24) is 4.98 Å². The molecule has 0 amide bonds. The average molecular weight is 265 g/mol. The summed E-state index contributed by atoms with van der Waals surface area (Å²) in [5.41, 5.74) is 2.55. The Balaban J connectivity index is 2.54. The van der Waals surface area contributed by atoms with Crippen molar-refractivity contribution in [2.24, 2.45) is 0 Å². The number of hydrogen-bond donors (Lipinski definition) is 1. The molecule has 1 aromatic carbocycles. The van der Waals surface area contributed by atoms with E-state index in [1.165, 1.54) is 11.3 Å². The second-order valence-electron chi connectivity index (χ2n) is 3.82. The summed E-state index contributed by atoms with van der Waals surface area (Å²) in [6, 6.07) is 3.84. The quantitative estimate of drug-likeness (QED) is 0.923. The van der Waals surface area contributed by atoms with E-state index in [4.69, 9.17) is 14.6 Å². The highest BCUT2D eigenvalue weighted by Crippen LogP contribution is 2.37. The number of aryl methyl sites for hydroxylation is 1. The second-order valence-corrected chi connectivity index (χ2v) is 4.68. The van der Waals surface area contributed by atoms with Crippen LogP contribution in [0.2, 0.25) is 0 Å². The summed E-state index contributed by atoms with van der Waals surface area (Å²) in [5.74, 6) is 1.55. The predicted molar refractivity (Wildman–Crippen MR) is 71.3 cm³/mol. The molecule has 0 saturated heterocycles. The van der Waals surface area contributed by atoms with Gasteiger partial charge in [0.1, 0.15) is 16.5 Å². The lowest BCUT2D eigenvalue weighted by Crippen LogP contribution is -1.93. The van der Waals surface area contributed by atoms with Gasteiger partial charge < -0.3 is 14.6 Å². The second kappa shape index (κ2) is 5.37. The van der Waals surface area contributed by atoms with Crippen LogP contribution in [0.1, 0.15) is 11.3 Å². The molecule has 0 radical (unpaired) electrons. The Labute approximate surface area is 110 Å². The summed E-state index contributed by atoms with van der Waals surface area (Å²) in [6.07, 6.45) is 0. The van der Waals surface area contributed by atoms with Gasteiger partial charge in [-0.2, -0.15) is 0 Å². The third-order valence-electron chi connectivity index (χ3n) is 2.66. The van der Waals surface area contributed by atoms with Crippen molar-refractivity contribution < 1.29 is 14.6 Å². The largest absolute Gasteiger partial charge is 0.496 e. The molecule has 18 heavy (non-hydrogen) atoms. The molecule has 2 rings (SSSR count). The fraction of sp³-hybridized carbons (Fsp3) is 0.308. The molecule has 2 aromatic rings. The summed E-state index contributed by atoms with van der Waals surface area (Å²) < 4.78 is 10.7. The van der Waals surface area contributed by atoms with Gasteiger partial charge in [-0.25, -0.2) is 4.98 Å². The molecule has 96 valence electrons.